The maximum atomic E-state index is 12.6. The second-order valence-corrected chi connectivity index (χ2v) is 19.2. The highest BCUT2D eigenvalue weighted by atomic mass is 16.6. The minimum atomic E-state index is -0.263. The van der Waals surface area contributed by atoms with Crippen molar-refractivity contribution in [1.82, 2.24) is 9.80 Å². The normalized spacial score (nSPS) is 13.3. The molecule has 1 fully saturated rings. The van der Waals surface area contributed by atoms with Crippen molar-refractivity contribution in [3.8, 4) is 0 Å². The number of nitrogens with zero attached hydrogens (tertiary/aromatic N) is 2. The van der Waals surface area contributed by atoms with E-state index in [-0.39, 0.29) is 68.7 Å². The molecule has 1 rings (SSSR count). The molecule has 67 heavy (non-hydrogen) atoms. The predicted octanol–water partition coefficient (Wildman–Crippen LogP) is 10.8. The van der Waals surface area contributed by atoms with E-state index in [4.69, 9.17) is 28.4 Å². The molecule has 394 valence electrons. The van der Waals surface area contributed by atoms with Gasteiger partial charge in [-0.3, -0.25) is 29.0 Å². The maximum absolute atomic E-state index is 12.6. The summed E-state index contributed by atoms with van der Waals surface area (Å²) in [5.41, 5.74) is 0. The van der Waals surface area contributed by atoms with Crippen molar-refractivity contribution in [2.45, 2.75) is 220 Å². The second-order valence-electron chi connectivity index (χ2n) is 19.2. The summed E-state index contributed by atoms with van der Waals surface area (Å²) in [5, 5.41) is 10.0. The Balaban J connectivity index is 2.77. The van der Waals surface area contributed by atoms with Crippen LogP contribution in [0.5, 0.6) is 0 Å². The molecule has 0 spiro atoms. The number of carbonyl (C=O) groups excluding carboxylic acids is 4. The van der Waals surface area contributed by atoms with Gasteiger partial charge in [0.1, 0.15) is 0 Å². The van der Waals surface area contributed by atoms with Crippen molar-refractivity contribution < 1.29 is 52.7 Å². The summed E-state index contributed by atoms with van der Waals surface area (Å²) in [7, 11) is 0. The minimum absolute atomic E-state index is 0.0339. The lowest BCUT2D eigenvalue weighted by atomic mass is 9.94. The van der Waals surface area contributed by atoms with E-state index in [0.29, 0.717) is 71.2 Å². The summed E-state index contributed by atoms with van der Waals surface area (Å²) in [5.74, 6) is -1.37. The number of hydrogen-bond donors (Lipinski definition) is 1. The molecule has 0 unspecified atom stereocenters. The molecule has 0 atom stereocenters. The van der Waals surface area contributed by atoms with Crippen LogP contribution in [-0.2, 0) is 47.6 Å². The van der Waals surface area contributed by atoms with Gasteiger partial charge in [0.2, 0.25) is 0 Å². The number of esters is 4. The molecule has 1 aliphatic carbocycles. The van der Waals surface area contributed by atoms with E-state index in [1.165, 1.54) is 44.9 Å². The molecule has 0 amide bonds. The molecule has 1 saturated carbocycles. The van der Waals surface area contributed by atoms with Gasteiger partial charge in [0.15, 0.2) is 0 Å². The molecule has 13 heteroatoms. The molecule has 0 aromatic carbocycles. The first kappa shape index (κ1) is 62.7. The Morgan fingerprint density at radius 2 is 0.791 bits per heavy atom. The number of ether oxygens (including phenoxy) is 6. The van der Waals surface area contributed by atoms with E-state index in [0.717, 1.165) is 135 Å². The van der Waals surface area contributed by atoms with Crippen molar-refractivity contribution in [3.63, 3.8) is 0 Å². The SMILES string of the molecule is CCCCCCCC(=O)OCC(COCCN(CCO)CCN(CCOCC(COC(=O)CCCCCCC)COC(=O)CCCCCCC)C1CCCCC1)COC(=O)CCCCCCC. The summed E-state index contributed by atoms with van der Waals surface area (Å²) < 4.78 is 35.0. The number of hydrogen-bond acceptors (Lipinski definition) is 13. The summed E-state index contributed by atoms with van der Waals surface area (Å²) in [6.07, 6.45) is 28.7. The van der Waals surface area contributed by atoms with Crippen LogP contribution in [0.15, 0.2) is 0 Å². The van der Waals surface area contributed by atoms with Crippen molar-refractivity contribution in [2.75, 3.05) is 92.2 Å². The number of aliphatic hydroxyl groups is 1. The highest BCUT2D eigenvalue weighted by Gasteiger charge is 2.23. The third-order valence-corrected chi connectivity index (χ3v) is 12.9. The standard InChI is InChI=1S/C54H102N2O11/c1-5-9-13-17-24-30-51(58)64-44-48(45-65-52(59)31-25-18-14-10-6-2)42-62-40-37-55(36-39-57)34-35-56(50-28-22-21-23-29-50)38-41-63-43-49(46-66-53(60)32-26-19-15-11-7-3)47-67-54(61)33-27-20-16-12-8-4/h48-50,57H,5-47H2,1-4H3. The fourth-order valence-electron chi connectivity index (χ4n) is 8.46. The lowest BCUT2D eigenvalue weighted by molar-refractivity contribution is -0.152. The Kier molecular flexibility index (Phi) is 43.1. The molecule has 0 bridgehead atoms. The monoisotopic (exact) mass is 955 g/mol. The Bertz CT molecular complexity index is 1110. The molecule has 1 N–H and O–H groups in total. The van der Waals surface area contributed by atoms with Crippen molar-refractivity contribution in [1.29, 1.82) is 0 Å². The van der Waals surface area contributed by atoms with Gasteiger partial charge in [-0.05, 0) is 38.5 Å². The van der Waals surface area contributed by atoms with Crippen molar-refractivity contribution in [3.05, 3.63) is 0 Å². The maximum Gasteiger partial charge on any atom is 0.305 e. The topological polar surface area (TPSA) is 150 Å². The zero-order chi connectivity index (χ0) is 48.8. The highest BCUT2D eigenvalue weighted by molar-refractivity contribution is 5.70. The zero-order valence-electron chi connectivity index (χ0n) is 43.6. The number of unbranched alkanes of at least 4 members (excludes halogenated alkanes) is 16. The fraction of sp³-hybridized carbons (Fsp3) is 0.926. The van der Waals surface area contributed by atoms with Gasteiger partial charge in [-0.25, -0.2) is 0 Å². The van der Waals surface area contributed by atoms with Crippen LogP contribution in [0.25, 0.3) is 0 Å². The zero-order valence-corrected chi connectivity index (χ0v) is 43.6. The van der Waals surface area contributed by atoms with Gasteiger partial charge in [0.25, 0.3) is 0 Å². The van der Waals surface area contributed by atoms with Crippen LogP contribution in [0.2, 0.25) is 0 Å². The van der Waals surface area contributed by atoms with Crippen LogP contribution in [0.1, 0.15) is 214 Å². The molecular weight excluding hydrogens is 853 g/mol. The largest absolute Gasteiger partial charge is 0.465 e. The Hall–Kier alpha value is -2.32. The third-order valence-electron chi connectivity index (χ3n) is 12.9. The van der Waals surface area contributed by atoms with Gasteiger partial charge in [-0.1, -0.05) is 150 Å². The van der Waals surface area contributed by atoms with E-state index in [9.17, 15) is 24.3 Å². The molecular formula is C54H102N2O11. The van der Waals surface area contributed by atoms with Gasteiger partial charge < -0.3 is 33.5 Å². The van der Waals surface area contributed by atoms with Crippen molar-refractivity contribution in [2.24, 2.45) is 11.8 Å². The molecule has 0 aromatic heterocycles. The Labute approximate surface area is 409 Å². The predicted molar refractivity (Wildman–Crippen MR) is 268 cm³/mol. The van der Waals surface area contributed by atoms with E-state index in [1.807, 2.05) is 0 Å². The Morgan fingerprint density at radius 1 is 0.433 bits per heavy atom. The van der Waals surface area contributed by atoms with Crippen LogP contribution < -0.4 is 0 Å². The lowest BCUT2D eigenvalue weighted by Gasteiger charge is -2.36. The average molecular weight is 955 g/mol. The molecule has 0 saturated heterocycles. The summed E-state index contributed by atoms with van der Waals surface area (Å²) in [6.45, 7) is 14.3. The van der Waals surface area contributed by atoms with E-state index >= 15 is 0 Å². The van der Waals surface area contributed by atoms with E-state index in [1.54, 1.807) is 0 Å². The van der Waals surface area contributed by atoms with Crippen LogP contribution in [-0.4, -0.2) is 137 Å². The number of carbonyl (C=O) groups is 4. The molecule has 0 heterocycles. The summed E-state index contributed by atoms with van der Waals surface area (Å²) in [4.78, 5) is 55.0. The average Bonchev–Trinajstić information content (AvgIpc) is 3.33. The smallest absolute Gasteiger partial charge is 0.305 e. The lowest BCUT2D eigenvalue weighted by Crippen LogP contribution is -2.45. The van der Waals surface area contributed by atoms with Crippen LogP contribution >= 0.6 is 0 Å². The van der Waals surface area contributed by atoms with Gasteiger partial charge in [-0.2, -0.15) is 0 Å². The van der Waals surface area contributed by atoms with Gasteiger partial charge in [0.05, 0.1) is 71.3 Å². The highest BCUT2D eigenvalue weighted by Crippen LogP contribution is 2.23. The van der Waals surface area contributed by atoms with Gasteiger partial charge >= 0.3 is 23.9 Å². The molecule has 13 nitrogen and oxygen atoms in total. The van der Waals surface area contributed by atoms with E-state index < -0.39 is 0 Å². The molecule has 0 aromatic rings. The summed E-state index contributed by atoms with van der Waals surface area (Å²) in [6, 6.07) is 0.454. The Morgan fingerprint density at radius 3 is 1.15 bits per heavy atom. The second kappa shape index (κ2) is 46.1. The van der Waals surface area contributed by atoms with E-state index in [2.05, 4.69) is 37.5 Å². The molecule has 0 radical (unpaired) electrons. The summed E-state index contributed by atoms with van der Waals surface area (Å²) >= 11 is 0. The van der Waals surface area contributed by atoms with Crippen molar-refractivity contribution >= 4 is 23.9 Å². The quantitative estimate of drug-likeness (QED) is 0.0350. The molecule has 0 aliphatic heterocycles. The first-order valence-corrected chi connectivity index (χ1v) is 27.6. The number of aliphatic hydroxyl groups excluding tert-OH is 1. The van der Waals surface area contributed by atoms with Gasteiger partial charge in [0, 0.05) is 64.4 Å². The van der Waals surface area contributed by atoms with Crippen LogP contribution in [0.4, 0.5) is 0 Å². The first-order valence-electron chi connectivity index (χ1n) is 27.6. The first-order chi connectivity index (χ1) is 32.8. The van der Waals surface area contributed by atoms with Gasteiger partial charge in [-0.15, -0.1) is 0 Å². The van der Waals surface area contributed by atoms with Crippen LogP contribution in [0, 0.1) is 11.8 Å². The minimum Gasteiger partial charge on any atom is -0.465 e. The number of rotatable bonds is 48. The fourth-order valence-corrected chi connectivity index (χ4v) is 8.46. The third kappa shape index (κ3) is 38.2. The molecule has 1 aliphatic rings. The van der Waals surface area contributed by atoms with Crippen LogP contribution in [0.3, 0.4) is 0 Å².